The molecule has 2 rings (SSSR count). The van der Waals surface area contributed by atoms with Crippen LogP contribution < -0.4 is 0 Å². The van der Waals surface area contributed by atoms with Crippen molar-refractivity contribution in [2.24, 2.45) is 5.92 Å². The Labute approximate surface area is 129 Å². The van der Waals surface area contributed by atoms with Crippen LogP contribution in [-0.4, -0.2) is 72.3 Å². The fraction of sp³-hybridized carbons (Fsp3) is 0.643. The van der Waals surface area contributed by atoms with Gasteiger partial charge >= 0.3 is 0 Å². The van der Waals surface area contributed by atoms with Crippen LogP contribution in [0.25, 0.3) is 0 Å². The topological polar surface area (TPSA) is 56.8 Å². The van der Waals surface area contributed by atoms with Gasteiger partial charge in [0, 0.05) is 44.7 Å². The van der Waals surface area contributed by atoms with E-state index in [-0.39, 0.29) is 17.7 Å². The Bertz CT molecular complexity index is 489. The molecule has 1 aromatic heterocycles. The molecule has 1 aromatic rings. The third-order valence-electron chi connectivity index (χ3n) is 3.61. The fourth-order valence-corrected chi connectivity index (χ4v) is 3.07. The van der Waals surface area contributed by atoms with Gasteiger partial charge in [0.25, 0.3) is 0 Å². The summed E-state index contributed by atoms with van der Waals surface area (Å²) in [5.41, 5.74) is 0. The summed E-state index contributed by atoms with van der Waals surface area (Å²) in [5, 5.41) is 2.81. The Morgan fingerprint density at radius 2 is 2.24 bits per heavy atom. The summed E-state index contributed by atoms with van der Waals surface area (Å²) in [6.07, 6.45) is 2.06. The van der Waals surface area contributed by atoms with Crippen LogP contribution >= 0.6 is 11.3 Å². The van der Waals surface area contributed by atoms with Crippen molar-refractivity contribution in [3.05, 3.63) is 16.6 Å². The van der Waals surface area contributed by atoms with Crippen molar-refractivity contribution in [3.8, 4) is 0 Å². The molecule has 0 aliphatic carbocycles. The molecule has 1 unspecified atom stereocenters. The molecule has 7 heteroatoms. The second kappa shape index (κ2) is 7.00. The zero-order chi connectivity index (χ0) is 15.4. The normalized spacial score (nSPS) is 18.6. The molecule has 116 valence electrons. The monoisotopic (exact) mass is 310 g/mol. The summed E-state index contributed by atoms with van der Waals surface area (Å²) in [5.74, 6) is -0.103. The molecule has 1 aliphatic rings. The lowest BCUT2D eigenvalue weighted by atomic mass is 10.1. The molecule has 1 aliphatic heterocycles. The maximum Gasteiger partial charge on any atom is 0.228 e. The molecule has 2 amide bonds. The number of nitrogens with zero attached hydrogens (tertiary/aromatic N) is 4. The quantitative estimate of drug-likeness (QED) is 0.768. The molecule has 0 bridgehead atoms. The van der Waals surface area contributed by atoms with E-state index in [0.717, 1.165) is 11.6 Å². The Morgan fingerprint density at radius 3 is 2.86 bits per heavy atom. The lowest BCUT2D eigenvalue weighted by Gasteiger charge is -2.21. The Balaban J connectivity index is 1.87. The van der Waals surface area contributed by atoms with Crippen LogP contribution in [0.2, 0.25) is 0 Å². The summed E-state index contributed by atoms with van der Waals surface area (Å²) >= 11 is 1.54. The second-order valence-electron chi connectivity index (χ2n) is 5.66. The number of carbonyl (C=O) groups excluding carboxylic acids is 2. The Morgan fingerprint density at radius 1 is 1.48 bits per heavy atom. The first-order chi connectivity index (χ1) is 9.97. The Kier molecular flexibility index (Phi) is 5.30. The fourth-order valence-electron chi connectivity index (χ4n) is 2.40. The highest BCUT2D eigenvalue weighted by atomic mass is 32.1. The van der Waals surface area contributed by atoms with Gasteiger partial charge in [-0.05, 0) is 14.1 Å². The SMILES string of the molecule is CN(C)CCN1CC(C(=O)N(C)Cc2nccs2)CC1=O. The van der Waals surface area contributed by atoms with Crippen molar-refractivity contribution in [2.45, 2.75) is 13.0 Å². The van der Waals surface area contributed by atoms with Gasteiger partial charge in [-0.1, -0.05) is 0 Å². The summed E-state index contributed by atoms with van der Waals surface area (Å²) in [4.78, 5) is 34.1. The van der Waals surface area contributed by atoms with Gasteiger partial charge in [-0.3, -0.25) is 9.59 Å². The molecule has 0 N–H and O–H groups in total. The van der Waals surface area contributed by atoms with E-state index in [9.17, 15) is 9.59 Å². The molecular weight excluding hydrogens is 288 g/mol. The maximum absolute atomic E-state index is 12.4. The van der Waals surface area contributed by atoms with Crippen LogP contribution in [0.15, 0.2) is 11.6 Å². The number of likely N-dealkylation sites (tertiary alicyclic amines) is 1. The number of hydrogen-bond acceptors (Lipinski definition) is 5. The van der Waals surface area contributed by atoms with E-state index >= 15 is 0 Å². The van der Waals surface area contributed by atoms with E-state index in [4.69, 9.17) is 0 Å². The summed E-state index contributed by atoms with van der Waals surface area (Å²) in [6.45, 7) is 2.56. The molecule has 0 aromatic carbocycles. The van der Waals surface area contributed by atoms with Gasteiger partial charge in [-0.15, -0.1) is 11.3 Å². The van der Waals surface area contributed by atoms with E-state index < -0.39 is 0 Å². The molecule has 1 atom stereocenters. The first kappa shape index (κ1) is 15.9. The summed E-state index contributed by atoms with van der Waals surface area (Å²) < 4.78 is 0. The van der Waals surface area contributed by atoms with Crippen molar-refractivity contribution in [1.29, 1.82) is 0 Å². The first-order valence-corrected chi connectivity index (χ1v) is 7.91. The van der Waals surface area contributed by atoms with Crippen molar-refractivity contribution < 1.29 is 9.59 Å². The van der Waals surface area contributed by atoms with E-state index in [0.29, 0.717) is 26.1 Å². The molecule has 0 radical (unpaired) electrons. The molecule has 2 heterocycles. The average molecular weight is 310 g/mol. The van der Waals surface area contributed by atoms with Crippen LogP contribution in [0, 0.1) is 5.92 Å². The second-order valence-corrected chi connectivity index (χ2v) is 6.64. The standard InChI is InChI=1S/C14H22N4O2S/c1-16(2)5-6-18-9-11(8-13(18)19)14(20)17(3)10-12-15-4-7-21-12/h4,7,11H,5-6,8-10H2,1-3H3. The third-order valence-corrected chi connectivity index (χ3v) is 4.38. The minimum absolute atomic E-state index is 0.0332. The average Bonchev–Trinajstić information content (AvgIpc) is 3.05. The number of hydrogen-bond donors (Lipinski definition) is 0. The largest absolute Gasteiger partial charge is 0.341 e. The zero-order valence-electron chi connectivity index (χ0n) is 12.8. The first-order valence-electron chi connectivity index (χ1n) is 7.03. The van der Waals surface area contributed by atoms with Crippen molar-refractivity contribution in [1.82, 2.24) is 19.7 Å². The van der Waals surface area contributed by atoms with Gasteiger partial charge in [0.2, 0.25) is 11.8 Å². The number of amides is 2. The molecule has 21 heavy (non-hydrogen) atoms. The third kappa shape index (κ3) is 4.25. The van der Waals surface area contributed by atoms with Gasteiger partial charge in [0.1, 0.15) is 5.01 Å². The predicted molar refractivity (Wildman–Crippen MR) is 81.8 cm³/mol. The van der Waals surface area contributed by atoms with E-state index in [1.807, 2.05) is 24.4 Å². The van der Waals surface area contributed by atoms with Crippen LogP contribution in [0.3, 0.4) is 0 Å². The number of aromatic nitrogens is 1. The minimum atomic E-state index is -0.218. The summed E-state index contributed by atoms with van der Waals surface area (Å²) in [7, 11) is 5.73. The van der Waals surface area contributed by atoms with Gasteiger partial charge in [-0.2, -0.15) is 0 Å². The van der Waals surface area contributed by atoms with Gasteiger partial charge in [0.05, 0.1) is 12.5 Å². The van der Waals surface area contributed by atoms with Crippen LogP contribution in [0.5, 0.6) is 0 Å². The number of rotatable bonds is 6. The lowest BCUT2D eigenvalue weighted by Crippen LogP contribution is -2.36. The van der Waals surface area contributed by atoms with Gasteiger partial charge in [0.15, 0.2) is 0 Å². The highest BCUT2D eigenvalue weighted by Crippen LogP contribution is 2.20. The number of likely N-dealkylation sites (N-methyl/N-ethyl adjacent to an activating group) is 1. The maximum atomic E-state index is 12.4. The van der Waals surface area contributed by atoms with Crippen LogP contribution in [0.4, 0.5) is 0 Å². The van der Waals surface area contributed by atoms with Crippen LogP contribution in [-0.2, 0) is 16.1 Å². The Hall–Kier alpha value is -1.47. The molecule has 0 saturated carbocycles. The van der Waals surface area contributed by atoms with Crippen molar-refractivity contribution >= 4 is 23.2 Å². The number of thiazole rings is 1. The molecule has 1 fully saturated rings. The molecule has 0 spiro atoms. The van der Waals surface area contributed by atoms with Gasteiger partial charge in [-0.25, -0.2) is 4.98 Å². The van der Waals surface area contributed by atoms with Crippen LogP contribution in [0.1, 0.15) is 11.4 Å². The molecule has 6 nitrogen and oxygen atoms in total. The van der Waals surface area contributed by atoms with E-state index in [2.05, 4.69) is 4.98 Å². The lowest BCUT2D eigenvalue weighted by molar-refractivity contribution is -0.135. The zero-order valence-corrected chi connectivity index (χ0v) is 13.6. The minimum Gasteiger partial charge on any atom is -0.341 e. The smallest absolute Gasteiger partial charge is 0.228 e. The van der Waals surface area contributed by atoms with Crippen molar-refractivity contribution in [2.75, 3.05) is 40.8 Å². The predicted octanol–water partition coefficient (Wildman–Crippen LogP) is 0.512. The summed E-state index contributed by atoms with van der Waals surface area (Å²) in [6, 6.07) is 0. The highest BCUT2D eigenvalue weighted by molar-refractivity contribution is 7.09. The highest BCUT2D eigenvalue weighted by Gasteiger charge is 2.35. The van der Waals surface area contributed by atoms with E-state index in [1.54, 1.807) is 23.0 Å². The molecule has 1 saturated heterocycles. The molecular formula is C14H22N4O2S. The van der Waals surface area contributed by atoms with Crippen molar-refractivity contribution in [3.63, 3.8) is 0 Å². The van der Waals surface area contributed by atoms with E-state index in [1.165, 1.54) is 11.3 Å². The number of carbonyl (C=O) groups is 2. The van der Waals surface area contributed by atoms with Gasteiger partial charge < -0.3 is 14.7 Å².